The molecule has 24 heavy (non-hydrogen) atoms. The smallest absolute Gasteiger partial charge is 0.315 e. The molecule has 2 aromatic rings. The average molecular weight is 332 g/mol. The number of imidazole rings is 1. The van der Waals surface area contributed by atoms with E-state index < -0.39 is 6.04 Å². The molecule has 0 saturated heterocycles. The maximum absolute atomic E-state index is 12.3. The number of aliphatic hydroxyl groups is 1. The second-order valence-corrected chi connectivity index (χ2v) is 5.71. The molecule has 2 atom stereocenters. The number of carbonyl (C=O) groups excluding carboxylic acids is 1. The normalized spacial score (nSPS) is 13.2. The predicted molar refractivity (Wildman–Crippen MR) is 90.8 cm³/mol. The number of nitrogens with one attached hydrogen (secondary N) is 2. The molecule has 0 fully saturated rings. The maximum atomic E-state index is 12.3. The van der Waals surface area contributed by atoms with Crippen molar-refractivity contribution >= 4 is 6.03 Å². The highest BCUT2D eigenvalue weighted by Gasteiger charge is 2.23. The van der Waals surface area contributed by atoms with Gasteiger partial charge in [-0.15, -0.1) is 0 Å². The highest BCUT2D eigenvalue weighted by molar-refractivity contribution is 5.75. The molecule has 0 bridgehead atoms. The van der Waals surface area contributed by atoms with Crippen LogP contribution in [0.5, 0.6) is 5.75 Å². The van der Waals surface area contributed by atoms with E-state index in [4.69, 9.17) is 9.84 Å². The topological polar surface area (TPSA) is 88.4 Å². The SMILES string of the molecule is COc1ccccc1C(NC(=O)NCC(C)CO)c1nccn1C. The number of benzene rings is 1. The summed E-state index contributed by atoms with van der Waals surface area (Å²) in [6.07, 6.45) is 3.51. The van der Waals surface area contributed by atoms with Crippen LogP contribution in [0.1, 0.15) is 24.4 Å². The lowest BCUT2D eigenvalue weighted by atomic mass is 10.0. The molecule has 0 aliphatic heterocycles. The molecule has 0 aliphatic carbocycles. The van der Waals surface area contributed by atoms with Crippen molar-refractivity contribution in [2.45, 2.75) is 13.0 Å². The van der Waals surface area contributed by atoms with Crippen molar-refractivity contribution < 1.29 is 14.6 Å². The quantitative estimate of drug-likeness (QED) is 0.716. The average Bonchev–Trinajstić information content (AvgIpc) is 3.03. The number of hydrogen-bond acceptors (Lipinski definition) is 4. The Hall–Kier alpha value is -2.54. The van der Waals surface area contributed by atoms with Crippen molar-refractivity contribution in [1.82, 2.24) is 20.2 Å². The summed E-state index contributed by atoms with van der Waals surface area (Å²) in [7, 11) is 3.47. The maximum Gasteiger partial charge on any atom is 0.315 e. The number of rotatable bonds is 7. The Balaban J connectivity index is 2.25. The van der Waals surface area contributed by atoms with E-state index in [-0.39, 0.29) is 18.6 Å². The number of ether oxygens (including phenoxy) is 1. The minimum Gasteiger partial charge on any atom is -0.496 e. The lowest BCUT2D eigenvalue weighted by molar-refractivity contribution is 0.220. The zero-order valence-electron chi connectivity index (χ0n) is 14.2. The summed E-state index contributed by atoms with van der Waals surface area (Å²) in [6.45, 7) is 2.27. The Morgan fingerprint density at radius 2 is 2.17 bits per heavy atom. The lowest BCUT2D eigenvalue weighted by Crippen LogP contribution is -2.41. The number of urea groups is 1. The van der Waals surface area contributed by atoms with Gasteiger partial charge in [0.2, 0.25) is 0 Å². The number of hydrogen-bond donors (Lipinski definition) is 3. The van der Waals surface area contributed by atoms with Crippen LogP contribution < -0.4 is 15.4 Å². The minimum atomic E-state index is -0.453. The summed E-state index contributed by atoms with van der Waals surface area (Å²) >= 11 is 0. The highest BCUT2D eigenvalue weighted by atomic mass is 16.5. The molecule has 130 valence electrons. The van der Waals surface area contributed by atoms with E-state index >= 15 is 0 Å². The lowest BCUT2D eigenvalue weighted by Gasteiger charge is -2.22. The van der Waals surface area contributed by atoms with Crippen molar-refractivity contribution in [3.63, 3.8) is 0 Å². The molecule has 2 rings (SSSR count). The van der Waals surface area contributed by atoms with Gasteiger partial charge >= 0.3 is 6.03 Å². The van der Waals surface area contributed by atoms with Crippen LogP contribution in [0.3, 0.4) is 0 Å². The third kappa shape index (κ3) is 4.26. The van der Waals surface area contributed by atoms with Gasteiger partial charge in [0, 0.05) is 38.2 Å². The van der Waals surface area contributed by atoms with Crippen LogP contribution in [-0.4, -0.2) is 41.0 Å². The Bertz CT molecular complexity index is 671. The zero-order chi connectivity index (χ0) is 17.5. The van der Waals surface area contributed by atoms with Gasteiger partial charge in [0.05, 0.1) is 7.11 Å². The molecular formula is C17H24N4O3. The number of carbonyl (C=O) groups is 1. The summed E-state index contributed by atoms with van der Waals surface area (Å²) in [5, 5.41) is 14.8. The van der Waals surface area contributed by atoms with Gasteiger partial charge in [0.15, 0.2) is 0 Å². The number of aromatic nitrogens is 2. The third-order valence-electron chi connectivity index (χ3n) is 3.76. The van der Waals surface area contributed by atoms with Crippen molar-refractivity contribution in [2.75, 3.05) is 20.3 Å². The Kier molecular flexibility index (Phi) is 6.20. The molecule has 0 saturated carbocycles. The molecule has 1 aromatic heterocycles. The number of amides is 2. The molecule has 2 amide bonds. The van der Waals surface area contributed by atoms with Gasteiger partial charge in [-0.2, -0.15) is 0 Å². The van der Waals surface area contributed by atoms with Crippen molar-refractivity contribution in [3.05, 3.63) is 48.0 Å². The molecular weight excluding hydrogens is 308 g/mol. The van der Waals surface area contributed by atoms with E-state index in [1.165, 1.54) is 0 Å². The molecule has 2 unspecified atom stereocenters. The fraction of sp³-hybridized carbons (Fsp3) is 0.412. The van der Waals surface area contributed by atoms with Crippen LogP contribution in [0.2, 0.25) is 0 Å². The highest BCUT2D eigenvalue weighted by Crippen LogP contribution is 2.28. The van der Waals surface area contributed by atoms with Crippen LogP contribution in [0.4, 0.5) is 4.79 Å². The van der Waals surface area contributed by atoms with Gasteiger partial charge in [-0.1, -0.05) is 25.1 Å². The standard InChI is InChI=1S/C17H24N4O3/c1-12(11-22)10-19-17(23)20-15(16-18-8-9-21(16)2)13-6-4-5-7-14(13)24-3/h4-9,12,15,22H,10-11H2,1-3H3,(H2,19,20,23). The van der Waals surface area contributed by atoms with Gasteiger partial charge in [0.25, 0.3) is 0 Å². The molecule has 0 spiro atoms. The van der Waals surface area contributed by atoms with Gasteiger partial charge < -0.3 is 25.0 Å². The van der Waals surface area contributed by atoms with Gasteiger partial charge in [0.1, 0.15) is 17.6 Å². The molecule has 1 heterocycles. The molecule has 7 heteroatoms. The van der Waals surface area contributed by atoms with Gasteiger partial charge in [-0.25, -0.2) is 9.78 Å². The van der Waals surface area contributed by atoms with Crippen LogP contribution >= 0.6 is 0 Å². The van der Waals surface area contributed by atoms with Crippen molar-refractivity contribution in [2.24, 2.45) is 13.0 Å². The Labute approximate surface area is 141 Å². The van der Waals surface area contributed by atoms with Crippen LogP contribution in [0.15, 0.2) is 36.7 Å². The number of methoxy groups -OCH3 is 1. The summed E-state index contributed by atoms with van der Waals surface area (Å²) in [5.41, 5.74) is 0.819. The number of para-hydroxylation sites is 1. The molecule has 7 nitrogen and oxygen atoms in total. The van der Waals surface area contributed by atoms with E-state index in [1.807, 2.05) is 49.0 Å². The van der Waals surface area contributed by atoms with Crippen LogP contribution in [0.25, 0.3) is 0 Å². The Morgan fingerprint density at radius 3 is 2.79 bits per heavy atom. The first-order chi connectivity index (χ1) is 11.6. The largest absolute Gasteiger partial charge is 0.496 e. The number of aryl methyl sites for hydroxylation is 1. The Morgan fingerprint density at radius 1 is 1.42 bits per heavy atom. The van der Waals surface area contributed by atoms with Crippen molar-refractivity contribution in [3.8, 4) is 5.75 Å². The fourth-order valence-electron chi connectivity index (χ4n) is 2.36. The predicted octanol–water partition coefficient (Wildman–Crippen LogP) is 1.45. The fourth-order valence-corrected chi connectivity index (χ4v) is 2.36. The third-order valence-corrected chi connectivity index (χ3v) is 3.76. The summed E-state index contributed by atoms with van der Waals surface area (Å²) in [6, 6.07) is 6.73. The summed E-state index contributed by atoms with van der Waals surface area (Å²) in [5.74, 6) is 1.37. The zero-order valence-corrected chi connectivity index (χ0v) is 14.2. The molecule has 1 aromatic carbocycles. The van der Waals surface area contributed by atoms with E-state index in [9.17, 15) is 4.79 Å². The van der Waals surface area contributed by atoms with Gasteiger partial charge in [-0.05, 0) is 12.0 Å². The number of aliphatic hydroxyl groups excluding tert-OH is 1. The van der Waals surface area contributed by atoms with Crippen LogP contribution in [-0.2, 0) is 7.05 Å². The van der Waals surface area contributed by atoms with Crippen LogP contribution in [0, 0.1) is 5.92 Å². The van der Waals surface area contributed by atoms with E-state index in [0.717, 1.165) is 5.56 Å². The van der Waals surface area contributed by atoms with E-state index in [1.54, 1.807) is 13.3 Å². The first kappa shape index (κ1) is 17.8. The van der Waals surface area contributed by atoms with E-state index in [2.05, 4.69) is 15.6 Å². The summed E-state index contributed by atoms with van der Waals surface area (Å²) in [4.78, 5) is 16.6. The van der Waals surface area contributed by atoms with Crippen molar-refractivity contribution in [1.29, 1.82) is 0 Å². The monoisotopic (exact) mass is 332 g/mol. The second-order valence-electron chi connectivity index (χ2n) is 5.71. The van der Waals surface area contributed by atoms with E-state index in [0.29, 0.717) is 18.1 Å². The minimum absolute atomic E-state index is 0.00590. The first-order valence-electron chi connectivity index (χ1n) is 7.82. The van der Waals surface area contributed by atoms with Gasteiger partial charge in [-0.3, -0.25) is 0 Å². The molecule has 0 aliphatic rings. The molecule has 3 N–H and O–H groups in total. The summed E-state index contributed by atoms with van der Waals surface area (Å²) < 4.78 is 7.27. The molecule has 0 radical (unpaired) electrons. The first-order valence-corrected chi connectivity index (χ1v) is 7.82. The second kappa shape index (κ2) is 8.35. The number of nitrogens with zero attached hydrogens (tertiary/aromatic N) is 2.